The van der Waals surface area contributed by atoms with Gasteiger partial charge in [0.15, 0.2) is 16.6 Å². The fraction of sp³-hybridized carbons (Fsp3) is 0.343. The van der Waals surface area contributed by atoms with Crippen LogP contribution in [0.4, 0.5) is 37.3 Å². The number of nitrogen functional groups attached to an aromatic ring is 1. The number of rotatable bonds is 11. The van der Waals surface area contributed by atoms with Crippen molar-refractivity contribution in [3.63, 3.8) is 0 Å². The summed E-state index contributed by atoms with van der Waals surface area (Å²) in [5, 5.41) is 25.2. The lowest BCUT2D eigenvalue weighted by atomic mass is 9.94. The number of carbonyl (C=O) groups is 1. The number of nitrogens with two attached hydrogens (primary N) is 1. The molecule has 5 N–H and O–H groups in total. The van der Waals surface area contributed by atoms with Gasteiger partial charge in [0.05, 0.1) is 27.6 Å². The van der Waals surface area contributed by atoms with Gasteiger partial charge in [-0.3, -0.25) is 14.2 Å². The molecule has 6 aromatic rings. The highest BCUT2D eigenvalue weighted by Crippen LogP contribution is 2.45. The van der Waals surface area contributed by atoms with Crippen LogP contribution in [0, 0.1) is 11.6 Å². The zero-order valence-corrected chi connectivity index (χ0v) is 29.3. The van der Waals surface area contributed by atoms with Gasteiger partial charge in [-0.05, 0) is 56.5 Å². The molecule has 0 saturated heterocycles. The van der Waals surface area contributed by atoms with Crippen LogP contribution in [0.5, 0.6) is 0 Å². The number of hydrogen-bond acceptors (Lipinski definition) is 9. The zero-order valence-electron chi connectivity index (χ0n) is 28.5. The summed E-state index contributed by atoms with van der Waals surface area (Å²) >= 11 is 1.25. The number of aliphatic hydroxyl groups is 1. The first-order valence-corrected chi connectivity index (χ1v) is 17.3. The second-order valence-corrected chi connectivity index (χ2v) is 14.6. The van der Waals surface area contributed by atoms with E-state index in [1.807, 2.05) is 0 Å². The molecule has 1 atom stereocenters. The highest BCUT2D eigenvalue weighted by molar-refractivity contribution is 7.22. The monoisotopic (exact) mass is 757 g/mol. The quantitative estimate of drug-likeness (QED) is 0.109. The van der Waals surface area contributed by atoms with Crippen LogP contribution >= 0.6 is 11.3 Å². The number of nitrogens with zero attached hydrogens (tertiary/aromatic N) is 6. The van der Waals surface area contributed by atoms with Crippen LogP contribution in [0.15, 0.2) is 42.5 Å². The lowest BCUT2D eigenvalue weighted by molar-refractivity contribution is -0.122. The predicted molar refractivity (Wildman–Crippen MR) is 187 cm³/mol. The Morgan fingerprint density at radius 3 is 2.51 bits per heavy atom. The molecule has 11 nitrogen and oxygen atoms in total. The van der Waals surface area contributed by atoms with Gasteiger partial charge in [-0.1, -0.05) is 23.5 Å². The molecule has 1 amide bonds. The predicted octanol–water partition coefficient (Wildman–Crippen LogP) is 6.56. The number of alkyl halides is 4. The molecule has 0 fully saturated rings. The first-order valence-electron chi connectivity index (χ1n) is 16.5. The van der Waals surface area contributed by atoms with E-state index >= 15 is 0 Å². The molecule has 0 saturated carbocycles. The Kier molecular flexibility index (Phi) is 9.08. The van der Waals surface area contributed by atoms with Crippen LogP contribution < -0.4 is 16.4 Å². The molecule has 4 aromatic heterocycles. The molecule has 1 unspecified atom stereocenters. The molecule has 18 heteroatoms. The number of aryl methyl sites for hydroxylation is 1. The fourth-order valence-electron chi connectivity index (χ4n) is 6.73. The molecule has 1 aliphatic carbocycles. The number of thiazole rings is 1. The first-order chi connectivity index (χ1) is 25.0. The second kappa shape index (κ2) is 13.3. The summed E-state index contributed by atoms with van der Waals surface area (Å²) in [6.45, 7) is 2.55. The summed E-state index contributed by atoms with van der Waals surface area (Å²) in [6.07, 6.45) is -4.40. The topological polar surface area (TPSA) is 149 Å². The average molecular weight is 758 g/mol. The minimum absolute atomic E-state index is 0.126. The van der Waals surface area contributed by atoms with Gasteiger partial charge in [0.1, 0.15) is 29.6 Å². The molecule has 0 aliphatic heterocycles. The van der Waals surface area contributed by atoms with E-state index in [9.17, 15) is 36.2 Å². The van der Waals surface area contributed by atoms with Gasteiger partial charge in [-0.25, -0.2) is 27.5 Å². The summed E-state index contributed by atoms with van der Waals surface area (Å²) in [4.78, 5) is 23.3. The summed E-state index contributed by atoms with van der Waals surface area (Å²) in [5.41, 5.74) is 5.48. The van der Waals surface area contributed by atoms with Crippen LogP contribution in [0.1, 0.15) is 60.9 Å². The van der Waals surface area contributed by atoms with E-state index in [1.54, 1.807) is 49.8 Å². The van der Waals surface area contributed by atoms with E-state index in [2.05, 4.69) is 25.8 Å². The number of pyridine rings is 1. The van der Waals surface area contributed by atoms with Gasteiger partial charge in [-0.15, -0.1) is 0 Å². The van der Waals surface area contributed by atoms with Gasteiger partial charge < -0.3 is 21.5 Å². The number of anilines is 2. The summed E-state index contributed by atoms with van der Waals surface area (Å²) < 4.78 is 89.2. The molecule has 2 aromatic carbocycles. The van der Waals surface area contributed by atoms with Gasteiger partial charge in [0, 0.05) is 48.2 Å². The Labute approximate surface area is 301 Å². The largest absolute Gasteiger partial charge is 0.389 e. The minimum atomic E-state index is -3.49. The second-order valence-electron chi connectivity index (χ2n) is 13.6. The highest BCUT2D eigenvalue weighted by Gasteiger charge is 2.46. The number of aromatic nitrogens is 6. The van der Waals surface area contributed by atoms with Crippen molar-refractivity contribution in [3.05, 3.63) is 82.3 Å². The Morgan fingerprint density at radius 2 is 1.81 bits per heavy atom. The fourth-order valence-corrected chi connectivity index (χ4v) is 7.57. The Morgan fingerprint density at radius 1 is 1.08 bits per heavy atom. The molecule has 7 rings (SSSR count). The number of carbonyl (C=O) groups excluding carboxylic acids is 1. The molecular formula is C35H33F6N9O2S. The highest BCUT2D eigenvalue weighted by atomic mass is 32.1. The summed E-state index contributed by atoms with van der Waals surface area (Å²) in [5.74, 6) is -5.89. The standard InChI is InChI=1S/C35H33F6N9O2S/c1-34(2,52)15-43-33-46-32-24(53-33)13-22(19-5-4-6-21-28(19)49(3)48-31(21)42)26(45-32)23(11-16-9-17(36)12-18(37)10-16)44-25(51)14-50-29-20(7-8-35(29,40)41)27(47-50)30(38)39/h4-6,9-10,12-13,23,30,52H,7-8,11,14-15H2,1-3H3,(H2,42,48)(H,44,51)(H,43,45,46). The maximum Gasteiger partial charge on any atom is 0.290 e. The lowest BCUT2D eigenvalue weighted by Crippen LogP contribution is -2.35. The smallest absolute Gasteiger partial charge is 0.290 e. The van der Waals surface area contributed by atoms with Crippen LogP contribution in [0.2, 0.25) is 0 Å². The molecule has 4 heterocycles. The number of amides is 1. The molecule has 278 valence electrons. The maximum absolute atomic E-state index is 14.9. The maximum atomic E-state index is 14.9. The van der Waals surface area contributed by atoms with Crippen LogP contribution in [-0.2, 0) is 37.2 Å². The zero-order chi connectivity index (χ0) is 38.0. The first kappa shape index (κ1) is 36.1. The van der Waals surface area contributed by atoms with Crippen molar-refractivity contribution in [2.75, 3.05) is 17.6 Å². The normalized spacial score (nSPS) is 14.7. The molecular weight excluding hydrogens is 725 g/mol. The molecule has 0 spiro atoms. The van der Waals surface area contributed by atoms with Crippen molar-refractivity contribution in [1.29, 1.82) is 0 Å². The van der Waals surface area contributed by atoms with Gasteiger partial charge >= 0.3 is 0 Å². The molecule has 0 radical (unpaired) electrons. The lowest BCUT2D eigenvalue weighted by Gasteiger charge is -2.22. The number of hydrogen-bond donors (Lipinski definition) is 4. The molecule has 0 bridgehead atoms. The van der Waals surface area contributed by atoms with E-state index in [1.165, 1.54) is 11.3 Å². The van der Waals surface area contributed by atoms with Crippen molar-refractivity contribution in [1.82, 2.24) is 34.8 Å². The van der Waals surface area contributed by atoms with Crippen molar-refractivity contribution in [3.8, 4) is 11.1 Å². The van der Waals surface area contributed by atoms with E-state index in [0.717, 1.165) is 12.1 Å². The van der Waals surface area contributed by atoms with Gasteiger partial charge in [0.25, 0.3) is 12.3 Å². The van der Waals surface area contributed by atoms with Crippen LogP contribution in [-0.4, -0.2) is 52.7 Å². The van der Waals surface area contributed by atoms with Gasteiger partial charge in [-0.2, -0.15) is 19.0 Å². The van der Waals surface area contributed by atoms with Crippen molar-refractivity contribution < 1.29 is 36.2 Å². The van der Waals surface area contributed by atoms with E-state index in [-0.39, 0.29) is 47.7 Å². The number of nitrogens with one attached hydrogen (secondary N) is 2. The number of para-hydroxylation sites is 1. The molecule has 53 heavy (non-hydrogen) atoms. The van der Waals surface area contributed by atoms with Crippen molar-refractivity contribution in [2.24, 2.45) is 7.05 Å². The van der Waals surface area contributed by atoms with Crippen molar-refractivity contribution in [2.45, 2.75) is 63.6 Å². The number of halogens is 6. The van der Waals surface area contributed by atoms with Crippen molar-refractivity contribution >= 4 is 49.4 Å². The van der Waals surface area contributed by atoms with E-state index < -0.39 is 65.9 Å². The summed E-state index contributed by atoms with van der Waals surface area (Å²) in [6, 6.07) is 8.77. The third kappa shape index (κ3) is 7.12. The van der Waals surface area contributed by atoms with Crippen LogP contribution in [0.3, 0.4) is 0 Å². The van der Waals surface area contributed by atoms with E-state index in [4.69, 9.17) is 10.7 Å². The number of benzene rings is 2. The minimum Gasteiger partial charge on any atom is -0.389 e. The third-order valence-electron chi connectivity index (χ3n) is 8.91. The van der Waals surface area contributed by atoms with E-state index in [0.29, 0.717) is 42.6 Å². The third-order valence-corrected chi connectivity index (χ3v) is 9.86. The Hall–Kier alpha value is -5.23. The number of fused-ring (bicyclic) bond motifs is 3. The van der Waals surface area contributed by atoms with Crippen LogP contribution in [0.25, 0.3) is 32.4 Å². The molecule has 1 aliphatic rings. The Bertz CT molecular complexity index is 2360. The Balaban J connectivity index is 1.37. The van der Waals surface area contributed by atoms with Gasteiger partial charge in [0.2, 0.25) is 5.91 Å². The summed E-state index contributed by atoms with van der Waals surface area (Å²) in [7, 11) is 1.69. The SMILES string of the molecule is Cn1nc(N)c2cccc(-c3cc4sc(NCC(C)(C)O)nc4nc3C(Cc3cc(F)cc(F)c3)NC(=O)Cn3nc(C(F)F)c4c3C(F)(F)CC4)c21. The average Bonchev–Trinajstić information content (AvgIpc) is 3.80.